The average molecular weight is 457 g/mol. The highest BCUT2D eigenvalue weighted by Crippen LogP contribution is 2.44. The van der Waals surface area contributed by atoms with Crippen molar-refractivity contribution in [1.29, 1.82) is 0 Å². The molecule has 1 atom stereocenters. The Labute approximate surface area is 191 Å². The van der Waals surface area contributed by atoms with Crippen molar-refractivity contribution in [1.82, 2.24) is 10.6 Å². The standard InChI is InChI=1S/C24H28N2O5S/c1-2-7-21(23(28)29)26-22(27)15-32-13-12-25-24(30)31-14-20-18-10-5-3-8-16(18)17-9-4-6-11-19(17)20/h3-6,8-11,20-21H,2,7,12-15H2,1H3,(H,25,30)(H,26,27)(H,28,29)/t21-/m1/s1. The first-order valence-corrected chi connectivity index (χ1v) is 11.9. The number of amides is 2. The fourth-order valence-corrected chi connectivity index (χ4v) is 4.48. The quantitative estimate of drug-likeness (QED) is 0.446. The minimum atomic E-state index is -1.03. The molecule has 170 valence electrons. The van der Waals surface area contributed by atoms with Gasteiger partial charge in [-0.25, -0.2) is 9.59 Å². The molecule has 0 spiro atoms. The number of carbonyl (C=O) groups is 3. The van der Waals surface area contributed by atoms with E-state index in [1.54, 1.807) is 0 Å². The third-order valence-electron chi connectivity index (χ3n) is 5.30. The van der Waals surface area contributed by atoms with Crippen LogP contribution < -0.4 is 10.6 Å². The molecule has 0 bridgehead atoms. The second-order valence-corrected chi connectivity index (χ2v) is 8.66. The van der Waals surface area contributed by atoms with Crippen LogP contribution in [0.5, 0.6) is 0 Å². The number of ether oxygens (including phenoxy) is 1. The van der Waals surface area contributed by atoms with Gasteiger partial charge in [-0.05, 0) is 28.7 Å². The summed E-state index contributed by atoms with van der Waals surface area (Å²) in [6.07, 6.45) is 0.578. The summed E-state index contributed by atoms with van der Waals surface area (Å²) >= 11 is 1.32. The highest BCUT2D eigenvalue weighted by molar-refractivity contribution is 7.99. The van der Waals surface area contributed by atoms with Crippen LogP contribution in [-0.2, 0) is 14.3 Å². The molecule has 7 nitrogen and oxygen atoms in total. The molecule has 3 rings (SSSR count). The predicted molar refractivity (Wildman–Crippen MR) is 125 cm³/mol. The topological polar surface area (TPSA) is 105 Å². The van der Waals surface area contributed by atoms with Gasteiger partial charge in [0.2, 0.25) is 5.91 Å². The maximum Gasteiger partial charge on any atom is 0.407 e. The number of hydrogen-bond donors (Lipinski definition) is 3. The van der Waals surface area contributed by atoms with Gasteiger partial charge in [0.05, 0.1) is 5.75 Å². The summed E-state index contributed by atoms with van der Waals surface area (Å²) in [5, 5.41) is 14.3. The number of thioether (sulfide) groups is 1. The first-order chi connectivity index (χ1) is 15.5. The van der Waals surface area contributed by atoms with E-state index >= 15 is 0 Å². The normalized spacial score (nSPS) is 13.0. The number of hydrogen-bond acceptors (Lipinski definition) is 5. The Morgan fingerprint density at radius 2 is 1.69 bits per heavy atom. The molecule has 1 aliphatic rings. The van der Waals surface area contributed by atoms with E-state index in [2.05, 4.69) is 34.9 Å². The Bertz CT molecular complexity index is 919. The van der Waals surface area contributed by atoms with Crippen LogP contribution in [0.4, 0.5) is 4.79 Å². The summed E-state index contributed by atoms with van der Waals surface area (Å²) in [6, 6.07) is 15.5. The number of rotatable bonds is 11. The molecule has 0 heterocycles. The van der Waals surface area contributed by atoms with Gasteiger partial charge in [-0.3, -0.25) is 4.79 Å². The van der Waals surface area contributed by atoms with Crippen molar-refractivity contribution in [3.8, 4) is 11.1 Å². The molecule has 0 unspecified atom stereocenters. The third kappa shape index (κ3) is 6.03. The van der Waals surface area contributed by atoms with E-state index in [4.69, 9.17) is 9.84 Å². The van der Waals surface area contributed by atoms with Crippen LogP contribution in [0.25, 0.3) is 11.1 Å². The van der Waals surface area contributed by atoms with Crippen molar-refractivity contribution >= 4 is 29.7 Å². The minimum Gasteiger partial charge on any atom is -0.480 e. The summed E-state index contributed by atoms with van der Waals surface area (Å²) in [6.45, 7) is 2.47. The second-order valence-electron chi connectivity index (χ2n) is 7.55. The first kappa shape index (κ1) is 23.7. The average Bonchev–Trinajstić information content (AvgIpc) is 3.11. The fourth-order valence-electron chi connectivity index (χ4n) is 3.82. The van der Waals surface area contributed by atoms with Crippen LogP contribution in [0.3, 0.4) is 0 Å². The van der Waals surface area contributed by atoms with E-state index in [0.29, 0.717) is 25.1 Å². The van der Waals surface area contributed by atoms with Crippen molar-refractivity contribution < 1.29 is 24.2 Å². The van der Waals surface area contributed by atoms with Crippen molar-refractivity contribution in [2.75, 3.05) is 24.7 Å². The van der Waals surface area contributed by atoms with Crippen LogP contribution in [0, 0.1) is 0 Å². The van der Waals surface area contributed by atoms with E-state index in [9.17, 15) is 14.4 Å². The zero-order valence-electron chi connectivity index (χ0n) is 18.0. The first-order valence-electron chi connectivity index (χ1n) is 10.7. The molecule has 0 aliphatic heterocycles. The van der Waals surface area contributed by atoms with Crippen molar-refractivity contribution in [3.63, 3.8) is 0 Å². The molecule has 0 aromatic heterocycles. The van der Waals surface area contributed by atoms with E-state index in [1.807, 2.05) is 31.2 Å². The Hall–Kier alpha value is -3.00. The molecule has 0 saturated heterocycles. The maximum atomic E-state index is 12.1. The molecule has 0 fully saturated rings. The number of benzene rings is 2. The fraction of sp³-hybridized carbons (Fsp3) is 0.375. The van der Waals surface area contributed by atoms with Crippen LogP contribution in [0.15, 0.2) is 48.5 Å². The van der Waals surface area contributed by atoms with Gasteiger partial charge >= 0.3 is 12.1 Å². The van der Waals surface area contributed by atoms with E-state index in [1.165, 1.54) is 22.9 Å². The van der Waals surface area contributed by atoms with Gasteiger partial charge in [-0.1, -0.05) is 61.9 Å². The lowest BCUT2D eigenvalue weighted by Crippen LogP contribution is -2.41. The lowest BCUT2D eigenvalue weighted by molar-refractivity contribution is -0.141. The number of nitrogens with one attached hydrogen (secondary N) is 2. The number of aliphatic carboxylic acids is 1. The number of carboxylic acids is 1. The summed E-state index contributed by atoms with van der Waals surface area (Å²) in [5.41, 5.74) is 4.67. The maximum absolute atomic E-state index is 12.1. The Kier molecular flexibility index (Phi) is 8.56. The van der Waals surface area contributed by atoms with Gasteiger partial charge in [0.15, 0.2) is 0 Å². The molecule has 8 heteroatoms. The SMILES string of the molecule is CCC[C@@H](NC(=O)CSCCNC(=O)OCC1c2ccccc2-c2ccccc21)C(=O)O. The van der Waals surface area contributed by atoms with Gasteiger partial charge in [0, 0.05) is 18.2 Å². The highest BCUT2D eigenvalue weighted by Gasteiger charge is 2.28. The van der Waals surface area contributed by atoms with Gasteiger partial charge in [-0.2, -0.15) is 11.8 Å². The summed E-state index contributed by atoms with van der Waals surface area (Å²) in [4.78, 5) is 35.1. The molecule has 2 amide bonds. The third-order valence-corrected chi connectivity index (χ3v) is 6.26. The van der Waals surface area contributed by atoms with E-state index in [0.717, 1.165) is 11.1 Å². The summed E-state index contributed by atoms with van der Waals surface area (Å²) in [5.74, 6) is -0.682. The second kappa shape index (κ2) is 11.6. The van der Waals surface area contributed by atoms with Crippen LogP contribution in [0.2, 0.25) is 0 Å². The van der Waals surface area contributed by atoms with Gasteiger partial charge < -0.3 is 20.5 Å². The largest absolute Gasteiger partial charge is 0.480 e. The summed E-state index contributed by atoms with van der Waals surface area (Å²) in [7, 11) is 0. The van der Waals surface area contributed by atoms with Crippen molar-refractivity contribution in [2.24, 2.45) is 0 Å². The number of fused-ring (bicyclic) bond motifs is 3. The molecule has 0 saturated carbocycles. The van der Waals surface area contributed by atoms with Crippen LogP contribution in [0.1, 0.15) is 36.8 Å². The van der Waals surface area contributed by atoms with Gasteiger partial charge in [-0.15, -0.1) is 0 Å². The van der Waals surface area contributed by atoms with Gasteiger partial charge in [0.1, 0.15) is 12.6 Å². The van der Waals surface area contributed by atoms with E-state index < -0.39 is 18.1 Å². The Morgan fingerprint density at radius 1 is 1.06 bits per heavy atom. The lowest BCUT2D eigenvalue weighted by Gasteiger charge is -2.15. The molecule has 2 aromatic rings. The molecule has 1 aliphatic carbocycles. The lowest BCUT2D eigenvalue weighted by atomic mass is 9.98. The predicted octanol–water partition coefficient (Wildman–Crippen LogP) is 3.63. The monoisotopic (exact) mass is 456 g/mol. The highest BCUT2D eigenvalue weighted by atomic mass is 32.2. The minimum absolute atomic E-state index is 0.0107. The Morgan fingerprint density at radius 3 is 2.28 bits per heavy atom. The zero-order valence-corrected chi connectivity index (χ0v) is 18.8. The molecular formula is C24H28N2O5S. The van der Waals surface area contributed by atoms with E-state index in [-0.39, 0.29) is 24.2 Å². The van der Waals surface area contributed by atoms with Crippen LogP contribution in [-0.4, -0.2) is 53.8 Å². The molecule has 0 radical (unpaired) electrons. The molecular weight excluding hydrogens is 428 g/mol. The van der Waals surface area contributed by atoms with Gasteiger partial charge in [0.25, 0.3) is 0 Å². The van der Waals surface area contributed by atoms with Crippen molar-refractivity contribution in [2.45, 2.75) is 31.7 Å². The number of carboxylic acid groups (broad SMARTS) is 1. The Balaban J connectivity index is 1.38. The smallest absolute Gasteiger partial charge is 0.407 e. The number of alkyl carbamates (subject to hydrolysis) is 1. The molecule has 3 N–H and O–H groups in total. The van der Waals surface area contributed by atoms with Crippen molar-refractivity contribution in [3.05, 3.63) is 59.7 Å². The molecule has 32 heavy (non-hydrogen) atoms. The molecule has 2 aromatic carbocycles. The zero-order chi connectivity index (χ0) is 22.9. The van der Waals surface area contributed by atoms with Crippen LogP contribution >= 0.6 is 11.8 Å². The number of carbonyl (C=O) groups excluding carboxylic acids is 2. The summed E-state index contributed by atoms with van der Waals surface area (Å²) < 4.78 is 5.47.